The fourth-order valence-corrected chi connectivity index (χ4v) is 2.05. The Balaban J connectivity index is 2.42. The molecule has 2 aromatic carbocycles. The summed E-state index contributed by atoms with van der Waals surface area (Å²) in [7, 11) is 0. The number of amides is 1. The molecular weight excluding hydrogens is 337 g/mol. The minimum atomic E-state index is -4.68. The molecule has 9 heteroatoms. The van der Waals surface area contributed by atoms with Crippen LogP contribution in [0.25, 0.3) is 0 Å². The van der Waals surface area contributed by atoms with E-state index in [1.807, 2.05) is 5.32 Å². The van der Waals surface area contributed by atoms with Crippen LogP contribution in [0.15, 0.2) is 42.5 Å². The van der Waals surface area contributed by atoms with E-state index in [0.717, 1.165) is 24.3 Å². The highest BCUT2D eigenvalue weighted by molar-refractivity contribution is 6.31. The van der Waals surface area contributed by atoms with E-state index in [9.17, 15) is 28.1 Å². The molecule has 0 aliphatic carbocycles. The number of anilines is 1. The molecule has 0 radical (unpaired) electrons. The number of nitrogens with one attached hydrogen (secondary N) is 1. The zero-order chi connectivity index (χ0) is 17.2. The lowest BCUT2D eigenvalue weighted by molar-refractivity contribution is -0.385. The molecule has 120 valence electrons. The maximum Gasteiger partial charge on any atom is 0.418 e. The third kappa shape index (κ3) is 3.78. The van der Waals surface area contributed by atoms with Crippen LogP contribution in [-0.4, -0.2) is 10.8 Å². The Morgan fingerprint density at radius 3 is 2.43 bits per heavy atom. The summed E-state index contributed by atoms with van der Waals surface area (Å²) in [5.74, 6) is -1.06. The Labute approximate surface area is 132 Å². The standard InChI is InChI=1S/C14H8ClF3N2O3/c15-8-5-6-12(20(22)23)9(7-8)13(21)19-11-4-2-1-3-10(11)14(16,17)18/h1-7H,(H,19,21). The Morgan fingerprint density at radius 2 is 1.83 bits per heavy atom. The average molecular weight is 345 g/mol. The summed E-state index contributed by atoms with van der Waals surface area (Å²) in [4.78, 5) is 22.2. The summed E-state index contributed by atoms with van der Waals surface area (Å²) >= 11 is 5.69. The van der Waals surface area contributed by atoms with Gasteiger partial charge in [0.25, 0.3) is 11.6 Å². The molecule has 0 saturated carbocycles. The second kappa shape index (κ2) is 6.25. The molecule has 0 unspecified atom stereocenters. The molecule has 0 aromatic heterocycles. The van der Waals surface area contributed by atoms with E-state index in [1.54, 1.807) is 0 Å². The molecule has 0 aliphatic rings. The number of benzene rings is 2. The van der Waals surface area contributed by atoms with Gasteiger partial charge in [0.2, 0.25) is 0 Å². The van der Waals surface area contributed by atoms with E-state index in [1.165, 1.54) is 18.2 Å². The van der Waals surface area contributed by atoms with Crippen molar-refractivity contribution >= 4 is 28.9 Å². The zero-order valence-corrected chi connectivity index (χ0v) is 12.0. The second-order valence-electron chi connectivity index (χ2n) is 4.42. The Kier molecular flexibility index (Phi) is 4.55. The van der Waals surface area contributed by atoms with Crippen LogP contribution < -0.4 is 5.32 Å². The Morgan fingerprint density at radius 1 is 1.17 bits per heavy atom. The summed E-state index contributed by atoms with van der Waals surface area (Å²) < 4.78 is 38.7. The maximum absolute atomic E-state index is 12.9. The molecule has 0 atom stereocenters. The summed E-state index contributed by atoms with van der Waals surface area (Å²) in [5.41, 5.74) is -2.55. The number of hydrogen-bond acceptors (Lipinski definition) is 3. The summed E-state index contributed by atoms with van der Waals surface area (Å²) in [5, 5.41) is 13.0. The lowest BCUT2D eigenvalue weighted by atomic mass is 10.1. The molecule has 5 nitrogen and oxygen atoms in total. The van der Waals surface area contributed by atoms with Crippen LogP contribution in [-0.2, 0) is 6.18 Å². The number of nitro benzene ring substituents is 1. The van der Waals surface area contributed by atoms with Gasteiger partial charge in [-0.1, -0.05) is 23.7 Å². The first kappa shape index (κ1) is 16.8. The summed E-state index contributed by atoms with van der Waals surface area (Å²) in [6.45, 7) is 0. The Bertz CT molecular complexity index is 778. The molecule has 0 heterocycles. The predicted octanol–water partition coefficient (Wildman–Crippen LogP) is 4.52. The number of para-hydroxylation sites is 1. The number of nitrogens with zero attached hydrogens (tertiary/aromatic N) is 1. The van der Waals surface area contributed by atoms with Crippen molar-refractivity contribution in [2.24, 2.45) is 0 Å². The molecule has 0 aliphatic heterocycles. The quantitative estimate of drug-likeness (QED) is 0.657. The van der Waals surface area contributed by atoms with Crippen molar-refractivity contribution < 1.29 is 22.9 Å². The molecule has 0 saturated heterocycles. The van der Waals surface area contributed by atoms with Crippen LogP contribution in [0.5, 0.6) is 0 Å². The van der Waals surface area contributed by atoms with Gasteiger partial charge in [-0.3, -0.25) is 14.9 Å². The van der Waals surface area contributed by atoms with Gasteiger partial charge in [-0.05, 0) is 24.3 Å². The van der Waals surface area contributed by atoms with Gasteiger partial charge >= 0.3 is 6.18 Å². The van der Waals surface area contributed by atoms with Crippen molar-refractivity contribution in [3.8, 4) is 0 Å². The van der Waals surface area contributed by atoms with Crippen molar-refractivity contribution in [1.29, 1.82) is 0 Å². The third-order valence-electron chi connectivity index (χ3n) is 2.88. The summed E-state index contributed by atoms with van der Waals surface area (Å²) in [6.07, 6.45) is -4.68. The topological polar surface area (TPSA) is 72.2 Å². The molecule has 0 spiro atoms. The highest BCUT2D eigenvalue weighted by Gasteiger charge is 2.34. The lowest BCUT2D eigenvalue weighted by Crippen LogP contribution is -2.17. The SMILES string of the molecule is O=C(Nc1ccccc1C(F)(F)F)c1cc(Cl)ccc1[N+](=O)[O-]. The van der Waals surface area contributed by atoms with Crippen LogP contribution >= 0.6 is 11.6 Å². The molecular formula is C14H8ClF3N2O3. The van der Waals surface area contributed by atoms with Crippen LogP contribution in [0.2, 0.25) is 5.02 Å². The third-order valence-corrected chi connectivity index (χ3v) is 3.12. The van der Waals surface area contributed by atoms with Crippen LogP contribution in [0, 0.1) is 10.1 Å². The van der Waals surface area contributed by atoms with Crippen LogP contribution in [0.4, 0.5) is 24.5 Å². The second-order valence-corrected chi connectivity index (χ2v) is 4.85. The van der Waals surface area contributed by atoms with Gasteiger partial charge in [-0.15, -0.1) is 0 Å². The van der Waals surface area contributed by atoms with Crippen LogP contribution in [0.3, 0.4) is 0 Å². The summed E-state index contributed by atoms with van der Waals surface area (Å²) in [6, 6.07) is 7.55. The van der Waals surface area contributed by atoms with E-state index >= 15 is 0 Å². The van der Waals surface area contributed by atoms with Gasteiger partial charge in [0, 0.05) is 11.1 Å². The highest BCUT2D eigenvalue weighted by atomic mass is 35.5. The minimum Gasteiger partial charge on any atom is -0.321 e. The number of halogens is 4. The van der Waals surface area contributed by atoms with E-state index in [4.69, 9.17) is 11.6 Å². The number of alkyl halides is 3. The van der Waals surface area contributed by atoms with Crippen molar-refractivity contribution in [2.45, 2.75) is 6.18 Å². The predicted molar refractivity (Wildman–Crippen MR) is 77.5 cm³/mol. The fourth-order valence-electron chi connectivity index (χ4n) is 1.88. The van der Waals surface area contributed by atoms with E-state index in [2.05, 4.69) is 0 Å². The molecule has 2 rings (SSSR count). The maximum atomic E-state index is 12.9. The van der Waals surface area contributed by atoms with E-state index in [0.29, 0.717) is 0 Å². The number of hydrogen-bond donors (Lipinski definition) is 1. The van der Waals surface area contributed by atoms with Gasteiger partial charge in [0.15, 0.2) is 0 Å². The van der Waals surface area contributed by atoms with Gasteiger partial charge in [-0.25, -0.2) is 0 Å². The van der Waals surface area contributed by atoms with Gasteiger partial charge in [0.05, 0.1) is 16.2 Å². The number of carbonyl (C=O) groups excluding carboxylic acids is 1. The molecule has 0 bridgehead atoms. The molecule has 2 aromatic rings. The van der Waals surface area contributed by atoms with Crippen molar-refractivity contribution in [3.05, 3.63) is 68.7 Å². The monoisotopic (exact) mass is 344 g/mol. The molecule has 1 N–H and O–H groups in total. The van der Waals surface area contributed by atoms with E-state index in [-0.39, 0.29) is 5.02 Å². The molecule has 0 fully saturated rings. The number of rotatable bonds is 3. The smallest absolute Gasteiger partial charge is 0.321 e. The van der Waals surface area contributed by atoms with Crippen molar-refractivity contribution in [3.63, 3.8) is 0 Å². The largest absolute Gasteiger partial charge is 0.418 e. The first-order valence-corrected chi connectivity index (χ1v) is 6.49. The lowest BCUT2D eigenvalue weighted by Gasteiger charge is -2.13. The van der Waals surface area contributed by atoms with Crippen molar-refractivity contribution in [2.75, 3.05) is 5.32 Å². The van der Waals surface area contributed by atoms with Crippen LogP contribution in [0.1, 0.15) is 15.9 Å². The fraction of sp³-hybridized carbons (Fsp3) is 0.0714. The Hall–Kier alpha value is -2.61. The van der Waals surface area contributed by atoms with Gasteiger partial charge < -0.3 is 5.32 Å². The number of carbonyl (C=O) groups is 1. The van der Waals surface area contributed by atoms with Gasteiger partial charge in [-0.2, -0.15) is 13.2 Å². The average Bonchev–Trinajstić information content (AvgIpc) is 2.46. The van der Waals surface area contributed by atoms with Gasteiger partial charge in [0.1, 0.15) is 5.56 Å². The normalized spacial score (nSPS) is 11.1. The zero-order valence-electron chi connectivity index (χ0n) is 11.2. The highest BCUT2D eigenvalue weighted by Crippen LogP contribution is 2.35. The van der Waals surface area contributed by atoms with E-state index < -0.39 is 39.5 Å². The molecule has 23 heavy (non-hydrogen) atoms. The number of nitro groups is 1. The van der Waals surface area contributed by atoms with Crippen molar-refractivity contribution in [1.82, 2.24) is 0 Å². The minimum absolute atomic E-state index is 0.0462. The molecule has 1 amide bonds. The first-order valence-electron chi connectivity index (χ1n) is 6.11. The first-order chi connectivity index (χ1) is 10.7.